The molecule has 20 heavy (non-hydrogen) atoms. The van der Waals surface area contributed by atoms with Crippen molar-refractivity contribution in [1.29, 1.82) is 0 Å². The van der Waals surface area contributed by atoms with E-state index in [1.54, 1.807) is 0 Å². The zero-order valence-electron chi connectivity index (χ0n) is 12.0. The van der Waals surface area contributed by atoms with Gasteiger partial charge in [-0.15, -0.1) is 0 Å². The molecule has 3 nitrogen and oxygen atoms in total. The molecule has 2 aliphatic heterocycles. The first-order valence-electron chi connectivity index (χ1n) is 8.07. The lowest BCUT2D eigenvalue weighted by atomic mass is 9.90. The van der Waals surface area contributed by atoms with E-state index in [9.17, 15) is 0 Å². The second-order valence-corrected chi connectivity index (χ2v) is 6.41. The maximum absolute atomic E-state index is 6.23. The number of piperidine rings is 1. The second-order valence-electron chi connectivity index (χ2n) is 6.41. The molecular weight excluding hydrogens is 250 g/mol. The minimum atomic E-state index is -0.340. The van der Waals surface area contributed by atoms with Crippen molar-refractivity contribution in [2.45, 2.75) is 56.7 Å². The lowest BCUT2D eigenvalue weighted by molar-refractivity contribution is -0.105. The van der Waals surface area contributed by atoms with E-state index in [2.05, 4.69) is 23.5 Å². The summed E-state index contributed by atoms with van der Waals surface area (Å²) in [5, 5.41) is 3.43. The predicted molar refractivity (Wildman–Crippen MR) is 78.4 cm³/mol. The molecule has 0 atom stereocenters. The number of hydrogen-bond donors (Lipinski definition) is 1. The first kappa shape index (κ1) is 12.5. The van der Waals surface area contributed by atoms with E-state index in [-0.39, 0.29) is 5.79 Å². The van der Waals surface area contributed by atoms with Crippen molar-refractivity contribution in [1.82, 2.24) is 5.32 Å². The van der Waals surface area contributed by atoms with E-state index in [4.69, 9.17) is 9.47 Å². The Morgan fingerprint density at radius 3 is 2.50 bits per heavy atom. The number of hydrogen-bond acceptors (Lipinski definition) is 3. The molecule has 1 saturated heterocycles. The highest BCUT2D eigenvalue weighted by atomic mass is 16.7. The van der Waals surface area contributed by atoms with Gasteiger partial charge in [0.25, 0.3) is 5.79 Å². The Labute approximate surface area is 120 Å². The maximum atomic E-state index is 6.23. The summed E-state index contributed by atoms with van der Waals surface area (Å²) < 4.78 is 12.4. The molecule has 3 aliphatic rings. The fourth-order valence-corrected chi connectivity index (χ4v) is 3.81. The van der Waals surface area contributed by atoms with Crippen molar-refractivity contribution in [3.63, 3.8) is 0 Å². The minimum Gasteiger partial charge on any atom is -0.448 e. The fourth-order valence-electron chi connectivity index (χ4n) is 3.81. The van der Waals surface area contributed by atoms with Gasteiger partial charge in [0, 0.05) is 12.8 Å². The van der Waals surface area contributed by atoms with Gasteiger partial charge in [0.05, 0.1) is 0 Å². The van der Waals surface area contributed by atoms with Crippen molar-refractivity contribution >= 4 is 0 Å². The van der Waals surface area contributed by atoms with Crippen molar-refractivity contribution in [2.75, 3.05) is 13.1 Å². The molecule has 0 unspecified atom stereocenters. The van der Waals surface area contributed by atoms with Gasteiger partial charge in [-0.05, 0) is 62.4 Å². The average molecular weight is 273 g/mol. The number of nitrogens with one attached hydrogen (secondary N) is 1. The van der Waals surface area contributed by atoms with Gasteiger partial charge in [0.1, 0.15) is 0 Å². The molecule has 0 aromatic heterocycles. The van der Waals surface area contributed by atoms with Crippen LogP contribution in [0.4, 0.5) is 0 Å². The van der Waals surface area contributed by atoms with E-state index >= 15 is 0 Å². The van der Waals surface area contributed by atoms with E-state index in [0.29, 0.717) is 5.92 Å². The largest absolute Gasteiger partial charge is 0.448 e. The average Bonchev–Trinajstić information content (AvgIpc) is 2.85. The molecular formula is C17H23NO2. The molecule has 0 radical (unpaired) electrons. The first-order valence-corrected chi connectivity index (χ1v) is 8.07. The molecule has 1 aromatic carbocycles. The van der Waals surface area contributed by atoms with Crippen LogP contribution in [0.15, 0.2) is 18.2 Å². The van der Waals surface area contributed by atoms with Crippen LogP contribution < -0.4 is 14.8 Å². The van der Waals surface area contributed by atoms with Crippen LogP contribution in [0.3, 0.4) is 0 Å². The maximum Gasteiger partial charge on any atom is 0.251 e. The molecule has 2 fully saturated rings. The van der Waals surface area contributed by atoms with Crippen LogP contribution in [0.5, 0.6) is 11.5 Å². The molecule has 2 heterocycles. The summed E-state index contributed by atoms with van der Waals surface area (Å²) in [5.74, 6) is 2.26. The molecule has 108 valence electrons. The number of rotatable bonds is 1. The van der Waals surface area contributed by atoms with E-state index in [1.807, 2.05) is 0 Å². The number of ether oxygens (including phenoxy) is 2. The molecule has 0 bridgehead atoms. The third-order valence-corrected chi connectivity index (χ3v) is 4.99. The Hall–Kier alpha value is -1.22. The first-order chi connectivity index (χ1) is 9.85. The SMILES string of the molecule is c1cc2c(cc1C1CCNCC1)OC1(CCCCC1)O2. The number of benzene rings is 1. The quantitative estimate of drug-likeness (QED) is 0.848. The van der Waals surface area contributed by atoms with Crippen molar-refractivity contribution in [3.05, 3.63) is 23.8 Å². The molecule has 1 aliphatic carbocycles. The van der Waals surface area contributed by atoms with E-state index in [0.717, 1.165) is 37.4 Å². The van der Waals surface area contributed by atoms with E-state index in [1.165, 1.54) is 37.7 Å². The highest BCUT2D eigenvalue weighted by molar-refractivity contribution is 5.47. The van der Waals surface area contributed by atoms with Crippen LogP contribution in [0.1, 0.15) is 56.4 Å². The van der Waals surface area contributed by atoms with Crippen LogP contribution in [-0.2, 0) is 0 Å². The highest BCUT2D eigenvalue weighted by Crippen LogP contribution is 2.46. The Kier molecular flexibility index (Phi) is 3.10. The van der Waals surface area contributed by atoms with Crippen molar-refractivity contribution < 1.29 is 9.47 Å². The van der Waals surface area contributed by atoms with Gasteiger partial charge < -0.3 is 14.8 Å². The zero-order valence-corrected chi connectivity index (χ0v) is 12.0. The summed E-state index contributed by atoms with van der Waals surface area (Å²) in [7, 11) is 0. The molecule has 1 spiro atoms. The number of fused-ring (bicyclic) bond motifs is 1. The lowest BCUT2D eigenvalue weighted by Gasteiger charge is -2.31. The molecule has 3 heteroatoms. The molecule has 0 amide bonds. The summed E-state index contributed by atoms with van der Waals surface area (Å²) in [6, 6.07) is 6.59. The van der Waals surface area contributed by atoms with Crippen LogP contribution >= 0.6 is 0 Å². The Morgan fingerprint density at radius 1 is 0.950 bits per heavy atom. The summed E-state index contributed by atoms with van der Waals surface area (Å²) in [6.07, 6.45) is 8.26. The Bertz CT molecular complexity index is 488. The van der Waals surface area contributed by atoms with Crippen LogP contribution in [0, 0.1) is 0 Å². The highest BCUT2D eigenvalue weighted by Gasteiger charge is 2.42. The van der Waals surface area contributed by atoms with E-state index < -0.39 is 0 Å². The topological polar surface area (TPSA) is 30.5 Å². The molecule has 4 rings (SSSR count). The smallest absolute Gasteiger partial charge is 0.251 e. The third kappa shape index (κ3) is 2.18. The molecule has 1 saturated carbocycles. The van der Waals surface area contributed by atoms with Gasteiger partial charge in [-0.3, -0.25) is 0 Å². The minimum absolute atomic E-state index is 0.340. The Morgan fingerprint density at radius 2 is 1.70 bits per heavy atom. The van der Waals surface area contributed by atoms with Gasteiger partial charge in [0.2, 0.25) is 0 Å². The molecule has 1 N–H and O–H groups in total. The van der Waals surface area contributed by atoms with Crippen molar-refractivity contribution in [2.24, 2.45) is 0 Å². The molecule has 1 aromatic rings. The van der Waals surface area contributed by atoms with Crippen LogP contribution in [0.25, 0.3) is 0 Å². The van der Waals surface area contributed by atoms with Crippen LogP contribution in [0.2, 0.25) is 0 Å². The zero-order chi connectivity index (χ0) is 13.4. The van der Waals surface area contributed by atoms with Gasteiger partial charge in [-0.25, -0.2) is 0 Å². The van der Waals surface area contributed by atoms with Gasteiger partial charge >= 0.3 is 0 Å². The van der Waals surface area contributed by atoms with Gasteiger partial charge in [-0.2, -0.15) is 0 Å². The summed E-state index contributed by atoms with van der Waals surface area (Å²) in [5.41, 5.74) is 1.42. The summed E-state index contributed by atoms with van der Waals surface area (Å²) in [6.45, 7) is 2.26. The third-order valence-electron chi connectivity index (χ3n) is 4.99. The predicted octanol–water partition coefficient (Wildman–Crippen LogP) is 3.59. The Balaban J connectivity index is 1.56. The van der Waals surface area contributed by atoms with Gasteiger partial charge in [0.15, 0.2) is 11.5 Å². The van der Waals surface area contributed by atoms with Gasteiger partial charge in [-0.1, -0.05) is 12.5 Å². The fraction of sp³-hybridized carbons (Fsp3) is 0.647. The second kappa shape index (κ2) is 4.96. The normalized spacial score (nSPS) is 25.0. The lowest BCUT2D eigenvalue weighted by Crippen LogP contribution is -2.40. The monoisotopic (exact) mass is 273 g/mol. The summed E-state index contributed by atoms with van der Waals surface area (Å²) >= 11 is 0. The summed E-state index contributed by atoms with van der Waals surface area (Å²) in [4.78, 5) is 0. The standard InChI is InChI=1S/C17H23NO2/c1-2-8-17(9-3-1)19-15-5-4-14(12-16(15)20-17)13-6-10-18-11-7-13/h4-5,12-13,18H,1-3,6-11H2. The van der Waals surface area contributed by atoms with Crippen LogP contribution in [-0.4, -0.2) is 18.9 Å². The van der Waals surface area contributed by atoms with Crippen molar-refractivity contribution in [3.8, 4) is 11.5 Å².